The van der Waals surface area contributed by atoms with E-state index < -0.39 is 15.0 Å². The molecule has 0 saturated heterocycles. The van der Waals surface area contributed by atoms with Gasteiger partial charge in [0.05, 0.1) is 6.61 Å². The van der Waals surface area contributed by atoms with Gasteiger partial charge in [-0.25, -0.2) is 4.79 Å². The van der Waals surface area contributed by atoms with Gasteiger partial charge in [0.2, 0.25) is 0 Å². The largest absolute Gasteiger partial charge is 0.461 e. The molecule has 0 aliphatic carbocycles. The van der Waals surface area contributed by atoms with Crippen molar-refractivity contribution in [2.24, 2.45) is 0 Å². The fourth-order valence-corrected chi connectivity index (χ4v) is 5.79. The van der Waals surface area contributed by atoms with Gasteiger partial charge in [0.25, 0.3) is 0 Å². The van der Waals surface area contributed by atoms with Gasteiger partial charge >= 0.3 is 15.0 Å². The van der Waals surface area contributed by atoms with Crippen LogP contribution in [0.5, 0.6) is 0 Å². The topological polar surface area (TPSA) is 53.3 Å². The Morgan fingerprint density at radius 2 is 1.53 bits per heavy atom. The lowest BCUT2D eigenvalue weighted by Gasteiger charge is -2.20. The summed E-state index contributed by atoms with van der Waals surface area (Å²) >= 11 is 0. The summed E-state index contributed by atoms with van der Waals surface area (Å²) in [5.41, 5.74) is 2.13. The van der Waals surface area contributed by atoms with Crippen molar-refractivity contribution in [2.45, 2.75) is 33.1 Å². The van der Waals surface area contributed by atoms with Crippen LogP contribution in [0.4, 0.5) is 0 Å². The van der Waals surface area contributed by atoms with Crippen molar-refractivity contribution in [1.29, 1.82) is 0 Å². The molecule has 1 heterocycles. The van der Waals surface area contributed by atoms with E-state index in [2.05, 4.69) is 56.2 Å². The van der Waals surface area contributed by atoms with E-state index in [1.54, 1.807) is 6.92 Å². The lowest BCUT2D eigenvalue weighted by molar-refractivity contribution is 0.0517. The van der Waals surface area contributed by atoms with Crippen molar-refractivity contribution in [1.82, 2.24) is 9.94 Å². The van der Waals surface area contributed by atoms with Crippen LogP contribution >= 0.6 is 0 Å². The minimum Gasteiger partial charge on any atom is -0.461 e. The highest BCUT2D eigenvalue weighted by atomic mass is 28.3. The van der Waals surface area contributed by atoms with Crippen LogP contribution < -0.4 is 14.9 Å². The molecule has 164 valence electrons. The second-order valence-corrected chi connectivity index (χ2v) is 11.0. The molecule has 0 fully saturated rings. The smallest absolute Gasteiger partial charge is 0.359 e. The van der Waals surface area contributed by atoms with Crippen LogP contribution in [-0.2, 0) is 10.2 Å². The number of esters is 1. The number of carbonyl (C=O) groups is 1. The minimum atomic E-state index is -2.13. The van der Waals surface area contributed by atoms with Gasteiger partial charge in [0, 0.05) is 5.39 Å². The van der Waals surface area contributed by atoms with Gasteiger partial charge in [0.1, 0.15) is 5.52 Å². The number of nitrogens with zero attached hydrogens (tertiary/aromatic N) is 2. The fraction of sp³-hybridized carbons (Fsp3) is 0.231. The second-order valence-electron chi connectivity index (χ2n) is 8.73. The molecule has 0 aliphatic rings. The number of hydrogen-bond donors (Lipinski definition) is 0. The van der Waals surface area contributed by atoms with Crippen molar-refractivity contribution in [3.05, 3.63) is 90.1 Å². The Hall–Kier alpha value is -3.38. The molecule has 0 N–H and O–H groups in total. The van der Waals surface area contributed by atoms with Crippen LogP contribution in [0.15, 0.2) is 78.9 Å². The number of rotatable bonds is 6. The molecule has 0 radical (unpaired) electrons. The molecule has 0 spiro atoms. The molecular weight excluding hydrogens is 416 g/mol. The molecule has 0 unspecified atom stereocenters. The minimum absolute atomic E-state index is 0.0525. The zero-order valence-electron chi connectivity index (χ0n) is 18.9. The van der Waals surface area contributed by atoms with Crippen LogP contribution in [0.25, 0.3) is 10.9 Å². The van der Waals surface area contributed by atoms with E-state index in [1.165, 1.54) is 4.85 Å². The first kappa shape index (κ1) is 21.8. The van der Waals surface area contributed by atoms with Crippen LogP contribution in [0.1, 0.15) is 43.7 Å². The van der Waals surface area contributed by atoms with E-state index in [9.17, 15) is 4.79 Å². The summed E-state index contributed by atoms with van der Waals surface area (Å²) in [5, 5.41) is 7.57. The number of carbonyl (C=O) groups excluding carboxylic acids is 1. The number of fused-ring (bicyclic) bond motifs is 1. The molecule has 0 atom stereocenters. The van der Waals surface area contributed by atoms with Gasteiger partial charge < -0.3 is 9.26 Å². The van der Waals surface area contributed by atoms with E-state index in [-0.39, 0.29) is 11.1 Å². The SMILES string of the molecule is CCOC(=O)c1nn(O[SiH](c2ccccc2)c2ccccc2)c2cc(C(C)(C)C)ccc12. The van der Waals surface area contributed by atoms with Crippen LogP contribution in [0.2, 0.25) is 0 Å². The zero-order chi connectivity index (χ0) is 22.7. The van der Waals surface area contributed by atoms with Crippen LogP contribution in [0.3, 0.4) is 0 Å². The number of hydrogen-bond acceptors (Lipinski definition) is 4. The first-order valence-corrected chi connectivity index (χ1v) is 12.5. The average Bonchev–Trinajstić information content (AvgIpc) is 3.16. The molecular formula is C26H28N2O3Si. The fourth-order valence-electron chi connectivity index (χ4n) is 3.66. The molecule has 3 aromatic carbocycles. The summed E-state index contributed by atoms with van der Waals surface area (Å²) in [6, 6.07) is 26.5. The highest BCUT2D eigenvalue weighted by molar-refractivity contribution is 6.80. The quantitative estimate of drug-likeness (QED) is 0.338. The van der Waals surface area contributed by atoms with Gasteiger partial charge in [-0.1, -0.05) is 87.5 Å². The van der Waals surface area contributed by atoms with E-state index in [0.717, 1.165) is 26.8 Å². The van der Waals surface area contributed by atoms with Gasteiger partial charge in [0.15, 0.2) is 5.69 Å². The Labute approximate surface area is 190 Å². The monoisotopic (exact) mass is 444 g/mol. The Balaban J connectivity index is 1.86. The molecule has 0 aliphatic heterocycles. The van der Waals surface area contributed by atoms with Gasteiger partial charge in [-0.05, 0) is 40.4 Å². The Morgan fingerprint density at radius 3 is 2.06 bits per heavy atom. The van der Waals surface area contributed by atoms with E-state index in [0.29, 0.717) is 6.61 Å². The number of ether oxygens (including phenoxy) is 1. The van der Waals surface area contributed by atoms with E-state index >= 15 is 0 Å². The zero-order valence-corrected chi connectivity index (χ0v) is 20.1. The van der Waals surface area contributed by atoms with Crippen molar-refractivity contribution in [2.75, 3.05) is 6.61 Å². The molecule has 32 heavy (non-hydrogen) atoms. The Morgan fingerprint density at radius 1 is 0.938 bits per heavy atom. The summed E-state index contributed by atoms with van der Waals surface area (Å²) in [5.74, 6) is -0.444. The predicted octanol–water partition coefficient (Wildman–Crippen LogP) is 3.48. The third-order valence-corrected chi connectivity index (χ3v) is 7.79. The molecule has 1 aromatic heterocycles. The van der Waals surface area contributed by atoms with E-state index in [4.69, 9.17) is 9.26 Å². The highest BCUT2D eigenvalue weighted by Gasteiger charge is 2.26. The number of aromatic nitrogens is 2. The van der Waals surface area contributed by atoms with Crippen LogP contribution in [-0.4, -0.2) is 31.6 Å². The maximum atomic E-state index is 12.6. The highest BCUT2D eigenvalue weighted by Crippen LogP contribution is 2.28. The first-order chi connectivity index (χ1) is 15.4. The maximum Gasteiger partial charge on any atom is 0.359 e. The molecule has 5 nitrogen and oxygen atoms in total. The number of benzene rings is 3. The first-order valence-electron chi connectivity index (χ1n) is 10.9. The molecule has 6 heteroatoms. The summed E-state index contributed by atoms with van der Waals surface area (Å²) in [4.78, 5) is 14.2. The standard InChI is InChI=1S/C26H28N2O3Si/c1-5-30-25(29)24-22-17-16-19(26(2,3)4)18-23(22)28(27-24)31-32(20-12-8-6-9-13-20)21-14-10-7-11-15-21/h6-18,32H,5H2,1-4H3. The molecule has 4 aromatic rings. The second kappa shape index (κ2) is 9.00. The lowest BCUT2D eigenvalue weighted by Crippen LogP contribution is -2.51. The molecule has 0 amide bonds. The van der Waals surface area contributed by atoms with Gasteiger partial charge in [-0.15, -0.1) is 9.94 Å². The Bertz CT molecular complexity index is 1180. The van der Waals surface area contributed by atoms with Crippen molar-refractivity contribution in [3.8, 4) is 0 Å². The predicted molar refractivity (Wildman–Crippen MR) is 130 cm³/mol. The Kier molecular flexibility index (Phi) is 6.14. The third-order valence-electron chi connectivity index (χ3n) is 5.39. The lowest BCUT2D eigenvalue weighted by atomic mass is 9.86. The molecule has 4 rings (SSSR count). The summed E-state index contributed by atoms with van der Waals surface area (Å²) < 4.78 is 11.9. The average molecular weight is 445 g/mol. The summed E-state index contributed by atoms with van der Waals surface area (Å²) in [6.07, 6.45) is 0. The van der Waals surface area contributed by atoms with E-state index in [1.807, 2.05) is 48.5 Å². The van der Waals surface area contributed by atoms with Crippen LogP contribution in [0, 0.1) is 0 Å². The molecule has 0 saturated carbocycles. The van der Waals surface area contributed by atoms with Crippen molar-refractivity contribution in [3.63, 3.8) is 0 Å². The van der Waals surface area contributed by atoms with Gasteiger partial charge in [-0.2, -0.15) is 0 Å². The maximum absolute atomic E-state index is 12.6. The molecule has 0 bridgehead atoms. The third kappa shape index (κ3) is 4.45. The summed E-state index contributed by atoms with van der Waals surface area (Å²) in [7, 11) is -2.13. The normalized spacial score (nSPS) is 11.7. The summed E-state index contributed by atoms with van der Waals surface area (Å²) in [6.45, 7) is 8.56. The van der Waals surface area contributed by atoms with Crippen molar-refractivity contribution >= 4 is 36.3 Å². The van der Waals surface area contributed by atoms with Crippen molar-refractivity contribution < 1.29 is 14.1 Å². The van der Waals surface area contributed by atoms with Gasteiger partial charge in [-0.3, -0.25) is 0 Å².